The predicted octanol–water partition coefficient (Wildman–Crippen LogP) is 2.45. The largest absolute Gasteiger partial charge is 0.416 e. The van der Waals surface area contributed by atoms with Crippen LogP contribution in [0.15, 0.2) is 12.1 Å². The van der Waals surface area contributed by atoms with Crippen molar-refractivity contribution in [2.75, 3.05) is 11.6 Å². The molecule has 0 aromatic heterocycles. The first-order valence-corrected chi connectivity index (χ1v) is 5.80. The summed E-state index contributed by atoms with van der Waals surface area (Å²) < 4.78 is 51.6. The molecule has 0 saturated heterocycles. The lowest BCUT2D eigenvalue weighted by atomic mass is 9.96. The van der Waals surface area contributed by atoms with E-state index in [2.05, 4.69) is 0 Å². The second-order valence-electron chi connectivity index (χ2n) is 3.95. The molecule has 0 heterocycles. The van der Waals surface area contributed by atoms with E-state index in [9.17, 15) is 27.8 Å². The van der Waals surface area contributed by atoms with Gasteiger partial charge < -0.3 is 15.9 Å². The van der Waals surface area contributed by atoms with Gasteiger partial charge in [0.15, 0.2) is 0 Å². The van der Waals surface area contributed by atoms with Crippen LogP contribution >= 0.6 is 11.6 Å². The molecule has 0 radical (unpaired) electrons. The van der Waals surface area contributed by atoms with E-state index in [1.165, 1.54) is 0 Å². The van der Waals surface area contributed by atoms with Gasteiger partial charge >= 0.3 is 6.18 Å². The molecule has 0 amide bonds. The van der Waals surface area contributed by atoms with Crippen molar-refractivity contribution in [3.05, 3.63) is 29.1 Å². The molecule has 1 aromatic carbocycles. The quantitative estimate of drug-likeness (QED) is 0.455. The minimum absolute atomic E-state index is 0.0585. The molecule has 0 saturated carbocycles. The summed E-state index contributed by atoms with van der Waals surface area (Å²) in [6.07, 6.45) is -8.38. The predicted molar refractivity (Wildman–Crippen MR) is 62.1 cm³/mol. The lowest BCUT2D eigenvalue weighted by Gasteiger charge is -2.22. The zero-order valence-corrected chi connectivity index (χ0v) is 10.3. The maximum absolute atomic E-state index is 13.2. The second-order valence-corrected chi connectivity index (χ2v) is 4.33. The molecule has 4 N–H and O–H groups in total. The van der Waals surface area contributed by atoms with Crippen LogP contribution in [0.5, 0.6) is 0 Å². The highest BCUT2D eigenvalue weighted by atomic mass is 35.5. The maximum Gasteiger partial charge on any atom is 0.416 e. The second kappa shape index (κ2) is 5.94. The number of aliphatic hydroxyl groups is 2. The molecule has 108 valence electrons. The highest BCUT2D eigenvalue weighted by molar-refractivity contribution is 6.17. The highest BCUT2D eigenvalue weighted by Crippen LogP contribution is 2.38. The number of hydrogen-bond donors (Lipinski definition) is 3. The molecule has 8 heteroatoms. The van der Waals surface area contributed by atoms with Gasteiger partial charge in [0, 0.05) is 5.88 Å². The van der Waals surface area contributed by atoms with Gasteiger partial charge in [-0.15, -0.1) is 11.6 Å². The third-order valence-electron chi connectivity index (χ3n) is 2.56. The summed E-state index contributed by atoms with van der Waals surface area (Å²) in [5.41, 5.74) is 2.34. The Kier molecular flexibility index (Phi) is 5.00. The molecular formula is C11H12ClF4NO2. The van der Waals surface area contributed by atoms with E-state index < -0.39 is 41.0 Å². The topological polar surface area (TPSA) is 66.5 Å². The molecule has 1 rings (SSSR count). The number of aliphatic hydroxyl groups excluding tert-OH is 2. The molecule has 0 aliphatic carbocycles. The van der Waals surface area contributed by atoms with Gasteiger partial charge in [-0.05, 0) is 24.1 Å². The third kappa shape index (κ3) is 3.71. The van der Waals surface area contributed by atoms with Crippen molar-refractivity contribution in [1.29, 1.82) is 0 Å². The summed E-state index contributed by atoms with van der Waals surface area (Å²) in [6, 6.07) is 0.863. The molecule has 0 fully saturated rings. The van der Waals surface area contributed by atoms with Crippen LogP contribution in [-0.2, 0) is 6.18 Å². The Bertz CT molecular complexity index is 453. The van der Waals surface area contributed by atoms with Gasteiger partial charge in [-0.2, -0.15) is 13.2 Å². The van der Waals surface area contributed by atoms with Crippen molar-refractivity contribution in [2.45, 2.75) is 24.8 Å². The van der Waals surface area contributed by atoms with Crippen LogP contribution in [0.4, 0.5) is 23.2 Å². The van der Waals surface area contributed by atoms with Crippen LogP contribution in [0.2, 0.25) is 0 Å². The number of nitrogens with two attached hydrogens (primary N) is 1. The Hall–Kier alpha value is -1.05. The van der Waals surface area contributed by atoms with Crippen molar-refractivity contribution in [3.8, 4) is 0 Å². The highest BCUT2D eigenvalue weighted by Gasteiger charge is 2.37. The van der Waals surface area contributed by atoms with Gasteiger partial charge in [0.1, 0.15) is 11.9 Å². The van der Waals surface area contributed by atoms with Crippen LogP contribution in [0.3, 0.4) is 0 Å². The molecule has 0 bridgehead atoms. The number of benzene rings is 1. The monoisotopic (exact) mass is 301 g/mol. The zero-order valence-electron chi connectivity index (χ0n) is 9.59. The van der Waals surface area contributed by atoms with Crippen molar-refractivity contribution in [2.24, 2.45) is 0 Å². The Morgan fingerprint density at radius 3 is 2.32 bits per heavy atom. The smallest absolute Gasteiger partial charge is 0.396 e. The summed E-state index contributed by atoms with van der Waals surface area (Å²) >= 11 is 5.33. The van der Waals surface area contributed by atoms with Crippen molar-refractivity contribution < 1.29 is 27.8 Å². The Labute approximate surface area is 111 Å². The van der Waals surface area contributed by atoms with Gasteiger partial charge in [0.25, 0.3) is 0 Å². The van der Waals surface area contributed by atoms with Crippen molar-refractivity contribution in [3.63, 3.8) is 0 Å². The van der Waals surface area contributed by atoms with Crippen LogP contribution < -0.4 is 5.73 Å². The summed E-state index contributed by atoms with van der Waals surface area (Å²) in [4.78, 5) is 0. The number of nitrogen functional groups attached to an aromatic ring is 1. The van der Waals surface area contributed by atoms with Crippen molar-refractivity contribution >= 4 is 17.3 Å². The lowest BCUT2D eigenvalue weighted by Crippen LogP contribution is -2.23. The number of hydrogen-bond acceptors (Lipinski definition) is 3. The number of halogens is 5. The zero-order chi connectivity index (χ0) is 14.8. The van der Waals surface area contributed by atoms with Gasteiger partial charge in [0.05, 0.1) is 17.4 Å². The van der Waals surface area contributed by atoms with Crippen molar-refractivity contribution in [1.82, 2.24) is 0 Å². The van der Waals surface area contributed by atoms with E-state index in [0.717, 1.165) is 0 Å². The summed E-state index contributed by atoms with van der Waals surface area (Å²) in [6.45, 7) is 0. The first-order chi connectivity index (χ1) is 8.68. The maximum atomic E-state index is 13.2. The third-order valence-corrected chi connectivity index (χ3v) is 2.78. The van der Waals surface area contributed by atoms with E-state index >= 15 is 0 Å². The first-order valence-electron chi connectivity index (χ1n) is 5.26. The fourth-order valence-electron chi connectivity index (χ4n) is 1.57. The van der Waals surface area contributed by atoms with Gasteiger partial charge in [-0.1, -0.05) is 0 Å². The normalized spacial score (nSPS) is 15.3. The molecule has 0 spiro atoms. The van der Waals surface area contributed by atoms with Crippen LogP contribution in [0, 0.1) is 5.82 Å². The standard InChI is InChI=1S/C11H12ClF4NO2/c12-2-1-9(18)10(19)5-3-7(13)8(17)4-6(5)11(14,15)16/h3-4,9-10,18-19H,1-2,17H2. The Morgan fingerprint density at radius 1 is 1.26 bits per heavy atom. The fourth-order valence-corrected chi connectivity index (χ4v) is 1.80. The molecule has 0 aliphatic heterocycles. The van der Waals surface area contributed by atoms with Gasteiger partial charge in [-0.3, -0.25) is 0 Å². The minimum Gasteiger partial charge on any atom is -0.396 e. The summed E-state index contributed by atoms with van der Waals surface area (Å²) in [7, 11) is 0. The Morgan fingerprint density at radius 2 is 1.84 bits per heavy atom. The minimum atomic E-state index is -4.82. The summed E-state index contributed by atoms with van der Waals surface area (Å²) in [5.74, 6) is -1.16. The van der Waals surface area contributed by atoms with Crippen LogP contribution in [-0.4, -0.2) is 22.2 Å². The molecule has 2 atom stereocenters. The average Bonchev–Trinajstić information content (AvgIpc) is 2.30. The fraction of sp³-hybridized carbons (Fsp3) is 0.455. The van der Waals surface area contributed by atoms with E-state index in [0.29, 0.717) is 12.1 Å². The van der Waals surface area contributed by atoms with E-state index in [1.807, 2.05) is 0 Å². The molecule has 2 unspecified atom stereocenters. The SMILES string of the molecule is Nc1cc(C(F)(F)F)c(C(O)C(O)CCCl)cc1F. The average molecular weight is 302 g/mol. The molecule has 0 aliphatic rings. The number of anilines is 1. The Balaban J connectivity index is 3.28. The summed E-state index contributed by atoms with van der Waals surface area (Å²) in [5, 5.41) is 19.1. The van der Waals surface area contributed by atoms with Crippen LogP contribution in [0.25, 0.3) is 0 Å². The molecule has 19 heavy (non-hydrogen) atoms. The molecule has 3 nitrogen and oxygen atoms in total. The van der Waals surface area contributed by atoms with E-state index in [-0.39, 0.29) is 12.3 Å². The molecule has 1 aromatic rings. The number of rotatable bonds is 4. The molecular weight excluding hydrogens is 290 g/mol. The van der Waals surface area contributed by atoms with Gasteiger partial charge in [0.2, 0.25) is 0 Å². The lowest BCUT2D eigenvalue weighted by molar-refractivity contribution is -0.139. The van der Waals surface area contributed by atoms with E-state index in [1.54, 1.807) is 0 Å². The van der Waals surface area contributed by atoms with Gasteiger partial charge in [-0.25, -0.2) is 4.39 Å². The van der Waals surface area contributed by atoms with E-state index in [4.69, 9.17) is 17.3 Å². The van der Waals surface area contributed by atoms with Crippen LogP contribution in [0.1, 0.15) is 23.7 Å². The first kappa shape index (κ1) is 16.0. The number of alkyl halides is 4.